The first kappa shape index (κ1) is 13.5. The first-order chi connectivity index (χ1) is 7.88. The summed E-state index contributed by atoms with van der Waals surface area (Å²) in [7, 11) is 0. The van der Waals surface area contributed by atoms with Crippen LogP contribution in [-0.4, -0.2) is 29.0 Å². The Morgan fingerprint density at radius 1 is 1.53 bits per heavy atom. The van der Waals surface area contributed by atoms with Crippen molar-refractivity contribution in [3.63, 3.8) is 0 Å². The number of carboxylic acid groups (broad SMARTS) is 1. The van der Waals surface area contributed by atoms with Crippen LogP contribution in [0.2, 0.25) is 0 Å². The maximum atomic E-state index is 11.7. The zero-order valence-electron chi connectivity index (χ0n) is 8.66. The normalized spacial score (nSPS) is 11.7. The van der Waals surface area contributed by atoms with E-state index in [-0.39, 0.29) is 31.1 Å². The lowest BCUT2D eigenvalue weighted by Gasteiger charge is -2.05. The van der Waals surface area contributed by atoms with Crippen LogP contribution in [-0.2, 0) is 11.3 Å². The van der Waals surface area contributed by atoms with Gasteiger partial charge in [0.2, 0.25) is 0 Å². The van der Waals surface area contributed by atoms with Crippen LogP contribution >= 0.6 is 0 Å². The molecule has 0 aliphatic rings. The van der Waals surface area contributed by atoms with Crippen LogP contribution in [0.4, 0.5) is 13.2 Å². The highest BCUT2D eigenvalue weighted by Crippen LogP contribution is 2.21. The molecule has 0 bridgehead atoms. The lowest BCUT2D eigenvalue weighted by molar-refractivity contribution is -0.138. The molecule has 1 rings (SSSR count). The second-order valence-electron chi connectivity index (χ2n) is 3.25. The van der Waals surface area contributed by atoms with Gasteiger partial charge in [0, 0.05) is 19.1 Å². The number of carbonyl (C=O) groups is 1. The van der Waals surface area contributed by atoms with Gasteiger partial charge in [0.25, 0.3) is 0 Å². The fraction of sp³-hybridized carbons (Fsp3) is 0.556. The van der Waals surface area contributed by atoms with E-state index in [9.17, 15) is 18.0 Å². The van der Waals surface area contributed by atoms with Crippen molar-refractivity contribution in [3.05, 3.63) is 17.5 Å². The maximum Gasteiger partial charge on any atom is 0.389 e. The Bertz CT molecular complexity index is 375. The van der Waals surface area contributed by atoms with Crippen molar-refractivity contribution in [1.29, 1.82) is 0 Å². The van der Waals surface area contributed by atoms with Gasteiger partial charge in [-0.25, -0.2) is 4.79 Å². The van der Waals surface area contributed by atoms with Gasteiger partial charge >= 0.3 is 12.1 Å². The lowest BCUT2D eigenvalue weighted by atomic mass is 10.3. The highest BCUT2D eigenvalue weighted by atomic mass is 19.4. The van der Waals surface area contributed by atoms with E-state index in [1.54, 1.807) is 0 Å². The van der Waals surface area contributed by atoms with Gasteiger partial charge in [-0.3, -0.25) is 0 Å². The van der Waals surface area contributed by atoms with Gasteiger partial charge in [-0.1, -0.05) is 5.16 Å². The molecule has 0 unspecified atom stereocenters. The molecular weight excluding hydrogens is 243 g/mol. The number of nitrogens with zero attached hydrogens (tertiary/aromatic N) is 1. The average Bonchev–Trinajstić information content (AvgIpc) is 2.64. The number of aromatic carboxylic acids is 1. The Kier molecular flexibility index (Phi) is 4.50. The smallest absolute Gasteiger partial charge is 0.389 e. The molecule has 1 heterocycles. The molecule has 0 radical (unpaired) electrons. The zero-order valence-corrected chi connectivity index (χ0v) is 8.66. The first-order valence-corrected chi connectivity index (χ1v) is 4.72. The molecule has 0 aliphatic heterocycles. The fourth-order valence-corrected chi connectivity index (χ4v) is 1.03. The van der Waals surface area contributed by atoms with Crippen molar-refractivity contribution < 1.29 is 32.3 Å². The third-order valence-electron chi connectivity index (χ3n) is 1.77. The number of ether oxygens (including phenoxy) is 1. The average molecular weight is 253 g/mol. The van der Waals surface area contributed by atoms with Crippen molar-refractivity contribution in [2.24, 2.45) is 0 Å². The van der Waals surface area contributed by atoms with Gasteiger partial charge in [0.05, 0.1) is 0 Å². The van der Waals surface area contributed by atoms with Gasteiger partial charge in [-0.05, 0) is 6.42 Å². The van der Waals surface area contributed by atoms with Crippen LogP contribution in [0, 0.1) is 0 Å². The summed E-state index contributed by atoms with van der Waals surface area (Å²) in [5, 5.41) is 11.7. The number of hydrogen-bond donors (Lipinski definition) is 1. The van der Waals surface area contributed by atoms with Gasteiger partial charge in [-0.15, -0.1) is 0 Å². The van der Waals surface area contributed by atoms with Gasteiger partial charge in [-0.2, -0.15) is 13.2 Å². The zero-order chi connectivity index (χ0) is 12.9. The van der Waals surface area contributed by atoms with Gasteiger partial charge < -0.3 is 14.4 Å². The van der Waals surface area contributed by atoms with E-state index in [1.807, 2.05) is 0 Å². The lowest BCUT2D eigenvalue weighted by Crippen LogP contribution is -2.08. The Balaban J connectivity index is 2.20. The van der Waals surface area contributed by atoms with Crippen LogP contribution in [0.15, 0.2) is 10.6 Å². The third kappa shape index (κ3) is 5.34. The van der Waals surface area contributed by atoms with Crippen LogP contribution in [0.25, 0.3) is 0 Å². The quantitative estimate of drug-likeness (QED) is 0.787. The Hall–Kier alpha value is -1.57. The van der Waals surface area contributed by atoms with Gasteiger partial charge in [0.15, 0.2) is 11.5 Å². The van der Waals surface area contributed by atoms with Crippen LogP contribution in [0.3, 0.4) is 0 Å². The molecular formula is C9H10F3NO4. The van der Waals surface area contributed by atoms with Crippen molar-refractivity contribution in [2.75, 3.05) is 6.61 Å². The Morgan fingerprint density at radius 3 is 2.76 bits per heavy atom. The number of alkyl halides is 3. The molecule has 0 aromatic carbocycles. The summed E-state index contributed by atoms with van der Waals surface area (Å²) in [6.45, 7) is -0.180. The van der Waals surface area contributed by atoms with Crippen LogP contribution < -0.4 is 0 Å². The predicted molar refractivity (Wildman–Crippen MR) is 48.4 cm³/mol. The Morgan fingerprint density at radius 2 is 2.24 bits per heavy atom. The highest BCUT2D eigenvalue weighted by molar-refractivity contribution is 5.85. The van der Waals surface area contributed by atoms with E-state index in [4.69, 9.17) is 9.84 Å². The second kappa shape index (κ2) is 5.67. The van der Waals surface area contributed by atoms with Gasteiger partial charge in [0.1, 0.15) is 6.61 Å². The molecule has 0 aliphatic carbocycles. The molecule has 1 N–H and O–H groups in total. The number of aromatic nitrogens is 1. The van der Waals surface area contributed by atoms with Crippen LogP contribution in [0.1, 0.15) is 29.1 Å². The fourth-order valence-electron chi connectivity index (χ4n) is 1.03. The van der Waals surface area contributed by atoms with Crippen molar-refractivity contribution in [1.82, 2.24) is 5.16 Å². The summed E-state index contributed by atoms with van der Waals surface area (Å²) >= 11 is 0. The van der Waals surface area contributed by atoms with Crippen LogP contribution in [0.5, 0.6) is 0 Å². The third-order valence-corrected chi connectivity index (χ3v) is 1.77. The summed E-state index contributed by atoms with van der Waals surface area (Å²) in [6, 6.07) is 1.16. The predicted octanol–water partition coefficient (Wildman–Crippen LogP) is 2.23. The minimum Gasteiger partial charge on any atom is -0.476 e. The molecule has 8 heteroatoms. The molecule has 17 heavy (non-hydrogen) atoms. The van der Waals surface area contributed by atoms with E-state index < -0.39 is 18.6 Å². The summed E-state index contributed by atoms with van der Waals surface area (Å²) in [5.74, 6) is -1.08. The van der Waals surface area contributed by atoms with Crippen molar-refractivity contribution in [2.45, 2.75) is 25.6 Å². The molecule has 0 saturated carbocycles. The summed E-state index contributed by atoms with van der Waals surface area (Å²) in [4.78, 5) is 10.4. The highest BCUT2D eigenvalue weighted by Gasteiger charge is 2.25. The van der Waals surface area contributed by atoms with E-state index in [1.165, 1.54) is 0 Å². The van der Waals surface area contributed by atoms with E-state index in [0.717, 1.165) is 6.07 Å². The topological polar surface area (TPSA) is 72.6 Å². The molecule has 0 fully saturated rings. The molecule has 0 amide bonds. The minimum atomic E-state index is -4.19. The summed E-state index contributed by atoms with van der Waals surface area (Å²) in [6.07, 6.45) is -5.25. The van der Waals surface area contributed by atoms with E-state index >= 15 is 0 Å². The molecule has 5 nitrogen and oxygen atoms in total. The monoisotopic (exact) mass is 253 g/mol. The number of hydrogen-bond acceptors (Lipinski definition) is 4. The summed E-state index contributed by atoms with van der Waals surface area (Å²) < 4.78 is 44.7. The maximum absolute atomic E-state index is 11.7. The molecule has 96 valence electrons. The summed E-state index contributed by atoms with van der Waals surface area (Å²) in [5.41, 5.74) is -0.265. The Labute approximate surface area is 94.2 Å². The number of rotatable bonds is 6. The molecule has 1 aromatic heterocycles. The number of carboxylic acids is 1. The van der Waals surface area contributed by atoms with E-state index in [0.29, 0.717) is 0 Å². The largest absolute Gasteiger partial charge is 0.476 e. The minimum absolute atomic E-state index is 0.0807. The van der Waals surface area contributed by atoms with E-state index in [2.05, 4.69) is 9.68 Å². The molecule has 0 atom stereocenters. The van der Waals surface area contributed by atoms with Crippen molar-refractivity contribution in [3.8, 4) is 0 Å². The molecule has 1 aromatic rings. The molecule has 0 spiro atoms. The first-order valence-electron chi connectivity index (χ1n) is 4.72. The molecule has 0 saturated heterocycles. The SMILES string of the molecule is O=C(O)c1cc(COCCCC(F)(F)F)on1. The second-order valence-corrected chi connectivity index (χ2v) is 3.25. The standard InChI is InChI=1S/C9H10F3NO4/c10-9(11,12)2-1-3-16-5-6-4-7(8(14)15)13-17-6/h4H,1-3,5H2,(H,14,15). The van der Waals surface area contributed by atoms with Crippen molar-refractivity contribution >= 4 is 5.97 Å². The number of halogens is 3.